The SMILES string of the molecule is CC1CCCCN1S(=O)(=O)NCC1CC(Cl)C1. The van der Waals surface area contributed by atoms with Crippen molar-refractivity contribution in [1.29, 1.82) is 0 Å². The Morgan fingerprint density at radius 1 is 1.35 bits per heavy atom. The first-order chi connectivity index (χ1) is 7.99. The molecule has 17 heavy (non-hydrogen) atoms. The van der Waals surface area contributed by atoms with Crippen molar-refractivity contribution in [1.82, 2.24) is 9.03 Å². The van der Waals surface area contributed by atoms with E-state index in [4.69, 9.17) is 11.6 Å². The topological polar surface area (TPSA) is 49.4 Å². The molecule has 1 atom stereocenters. The summed E-state index contributed by atoms with van der Waals surface area (Å²) in [5, 5.41) is 0.249. The van der Waals surface area contributed by atoms with Gasteiger partial charge in [0.2, 0.25) is 0 Å². The van der Waals surface area contributed by atoms with Gasteiger partial charge in [0.25, 0.3) is 10.2 Å². The molecule has 1 saturated heterocycles. The standard InChI is InChI=1S/C11H21ClN2O2S/c1-9-4-2-3-5-14(9)17(15,16)13-8-10-6-11(12)7-10/h9-11,13H,2-8H2,1H3. The lowest BCUT2D eigenvalue weighted by Crippen LogP contribution is -2.49. The van der Waals surface area contributed by atoms with Crippen LogP contribution in [-0.2, 0) is 10.2 Å². The predicted octanol–water partition coefficient (Wildman–Crippen LogP) is 1.71. The van der Waals surface area contributed by atoms with Gasteiger partial charge in [-0.15, -0.1) is 11.6 Å². The Kier molecular flexibility index (Phi) is 4.34. The summed E-state index contributed by atoms with van der Waals surface area (Å²) in [5.74, 6) is 0.423. The number of nitrogens with one attached hydrogen (secondary N) is 1. The van der Waals surface area contributed by atoms with E-state index in [1.54, 1.807) is 4.31 Å². The molecule has 0 radical (unpaired) electrons. The molecule has 1 saturated carbocycles. The van der Waals surface area contributed by atoms with Crippen molar-refractivity contribution in [2.24, 2.45) is 5.92 Å². The van der Waals surface area contributed by atoms with Crippen molar-refractivity contribution in [3.63, 3.8) is 0 Å². The minimum Gasteiger partial charge on any atom is -0.202 e. The number of halogens is 1. The molecule has 0 amide bonds. The Morgan fingerprint density at radius 2 is 2.06 bits per heavy atom. The van der Waals surface area contributed by atoms with Crippen LogP contribution in [0.3, 0.4) is 0 Å². The lowest BCUT2D eigenvalue weighted by molar-refractivity contribution is 0.260. The van der Waals surface area contributed by atoms with E-state index < -0.39 is 10.2 Å². The zero-order valence-electron chi connectivity index (χ0n) is 10.2. The first kappa shape index (κ1) is 13.6. The molecule has 0 bridgehead atoms. The van der Waals surface area contributed by atoms with Gasteiger partial charge >= 0.3 is 0 Å². The maximum absolute atomic E-state index is 12.1. The fourth-order valence-electron chi connectivity index (χ4n) is 2.56. The number of piperidine rings is 1. The molecular weight excluding hydrogens is 260 g/mol. The highest BCUT2D eigenvalue weighted by Crippen LogP contribution is 2.31. The van der Waals surface area contributed by atoms with Crippen molar-refractivity contribution in [2.75, 3.05) is 13.1 Å². The van der Waals surface area contributed by atoms with E-state index >= 15 is 0 Å². The molecule has 2 aliphatic rings. The second kappa shape index (κ2) is 5.43. The molecule has 4 nitrogen and oxygen atoms in total. The third kappa shape index (κ3) is 3.34. The van der Waals surface area contributed by atoms with Crippen LogP contribution in [-0.4, -0.2) is 37.2 Å². The molecular formula is C11H21ClN2O2S. The van der Waals surface area contributed by atoms with Crippen molar-refractivity contribution in [2.45, 2.75) is 50.4 Å². The van der Waals surface area contributed by atoms with E-state index in [2.05, 4.69) is 4.72 Å². The Balaban J connectivity index is 1.84. The molecule has 2 rings (SSSR count). The third-order valence-corrected chi connectivity index (χ3v) is 5.83. The molecule has 1 aliphatic carbocycles. The van der Waals surface area contributed by atoms with Crippen molar-refractivity contribution >= 4 is 21.8 Å². The Hall–Kier alpha value is 0.160. The number of alkyl halides is 1. The summed E-state index contributed by atoms with van der Waals surface area (Å²) in [6, 6.07) is 0.128. The zero-order chi connectivity index (χ0) is 12.5. The van der Waals surface area contributed by atoms with Gasteiger partial charge in [0.15, 0.2) is 0 Å². The van der Waals surface area contributed by atoms with Gasteiger partial charge in [-0.25, -0.2) is 4.72 Å². The number of hydrogen-bond acceptors (Lipinski definition) is 2. The quantitative estimate of drug-likeness (QED) is 0.797. The van der Waals surface area contributed by atoms with Gasteiger partial charge in [0.1, 0.15) is 0 Å². The lowest BCUT2D eigenvalue weighted by Gasteiger charge is -2.35. The smallest absolute Gasteiger partial charge is 0.202 e. The fourth-order valence-corrected chi connectivity index (χ4v) is 4.62. The van der Waals surface area contributed by atoms with E-state index in [0.717, 1.165) is 32.1 Å². The zero-order valence-corrected chi connectivity index (χ0v) is 11.8. The normalized spacial score (nSPS) is 35.5. The Bertz CT molecular complexity index is 354. The summed E-state index contributed by atoms with van der Waals surface area (Å²) in [4.78, 5) is 0. The predicted molar refractivity (Wildman–Crippen MR) is 69.3 cm³/mol. The highest BCUT2D eigenvalue weighted by molar-refractivity contribution is 7.87. The molecule has 2 fully saturated rings. The van der Waals surface area contributed by atoms with Crippen LogP contribution < -0.4 is 4.72 Å². The van der Waals surface area contributed by atoms with E-state index in [1.165, 1.54) is 0 Å². The van der Waals surface area contributed by atoms with Gasteiger partial charge in [-0.05, 0) is 38.5 Å². The monoisotopic (exact) mass is 280 g/mol. The molecule has 1 aliphatic heterocycles. The highest BCUT2D eigenvalue weighted by Gasteiger charge is 2.32. The Morgan fingerprint density at radius 3 is 2.65 bits per heavy atom. The second-order valence-electron chi connectivity index (χ2n) is 5.24. The largest absolute Gasteiger partial charge is 0.279 e. The summed E-state index contributed by atoms with van der Waals surface area (Å²) in [6.07, 6.45) is 4.93. The van der Waals surface area contributed by atoms with E-state index in [1.807, 2.05) is 6.92 Å². The Labute approximate surface area is 109 Å². The minimum atomic E-state index is -3.28. The van der Waals surface area contributed by atoms with Crippen LogP contribution in [0.4, 0.5) is 0 Å². The van der Waals surface area contributed by atoms with Gasteiger partial charge in [-0.3, -0.25) is 0 Å². The number of hydrogen-bond donors (Lipinski definition) is 1. The van der Waals surface area contributed by atoms with Gasteiger partial charge in [-0.1, -0.05) is 6.42 Å². The molecule has 1 N–H and O–H groups in total. The van der Waals surface area contributed by atoms with E-state index in [9.17, 15) is 8.42 Å². The molecule has 0 aromatic heterocycles. The third-order valence-electron chi connectivity index (χ3n) is 3.78. The highest BCUT2D eigenvalue weighted by atomic mass is 35.5. The first-order valence-corrected chi connectivity index (χ1v) is 8.27. The van der Waals surface area contributed by atoms with Gasteiger partial charge in [0.05, 0.1) is 0 Å². The van der Waals surface area contributed by atoms with Crippen LogP contribution >= 0.6 is 11.6 Å². The molecule has 1 heterocycles. The van der Waals surface area contributed by atoms with Crippen LogP contribution in [0.5, 0.6) is 0 Å². The summed E-state index contributed by atoms with van der Waals surface area (Å²) in [6.45, 7) is 3.17. The molecule has 0 aromatic carbocycles. The van der Waals surface area contributed by atoms with Gasteiger partial charge < -0.3 is 0 Å². The summed E-state index contributed by atoms with van der Waals surface area (Å²) in [7, 11) is -3.28. The van der Waals surface area contributed by atoms with Crippen molar-refractivity contribution in [3.8, 4) is 0 Å². The lowest BCUT2D eigenvalue weighted by atomic mass is 9.85. The van der Waals surface area contributed by atoms with E-state index in [-0.39, 0.29) is 11.4 Å². The van der Waals surface area contributed by atoms with Crippen LogP contribution in [0.2, 0.25) is 0 Å². The summed E-state index contributed by atoms with van der Waals surface area (Å²) < 4.78 is 28.5. The number of rotatable bonds is 4. The van der Waals surface area contributed by atoms with Crippen LogP contribution in [0, 0.1) is 5.92 Å². The minimum absolute atomic E-state index is 0.128. The van der Waals surface area contributed by atoms with Gasteiger partial charge in [0, 0.05) is 24.5 Å². The molecule has 0 aromatic rings. The van der Waals surface area contributed by atoms with Crippen molar-refractivity contribution < 1.29 is 8.42 Å². The number of nitrogens with zero attached hydrogens (tertiary/aromatic N) is 1. The van der Waals surface area contributed by atoms with E-state index in [0.29, 0.717) is 19.0 Å². The summed E-state index contributed by atoms with van der Waals surface area (Å²) in [5.41, 5.74) is 0. The first-order valence-electron chi connectivity index (χ1n) is 6.39. The molecule has 1 unspecified atom stereocenters. The van der Waals surface area contributed by atoms with Crippen LogP contribution in [0.1, 0.15) is 39.0 Å². The maximum atomic E-state index is 12.1. The molecule has 100 valence electrons. The molecule has 6 heteroatoms. The summed E-state index contributed by atoms with van der Waals surface area (Å²) >= 11 is 5.88. The average Bonchev–Trinajstić information content (AvgIpc) is 2.23. The van der Waals surface area contributed by atoms with Crippen LogP contribution in [0.25, 0.3) is 0 Å². The fraction of sp³-hybridized carbons (Fsp3) is 1.00. The van der Waals surface area contributed by atoms with Gasteiger partial charge in [-0.2, -0.15) is 12.7 Å². The maximum Gasteiger partial charge on any atom is 0.279 e. The second-order valence-corrected chi connectivity index (χ2v) is 7.57. The average molecular weight is 281 g/mol. The molecule has 0 spiro atoms. The van der Waals surface area contributed by atoms with Crippen molar-refractivity contribution in [3.05, 3.63) is 0 Å². The van der Waals surface area contributed by atoms with Crippen LogP contribution in [0.15, 0.2) is 0 Å².